The van der Waals surface area contributed by atoms with Gasteiger partial charge in [0.25, 0.3) is 0 Å². The molecule has 6 aromatic carbocycles. The standard InChI is InChI=1S/C41H28N2OS/c1-2-8-25(9-3-1)29-16-19-32-38(24-29)45-37-21-20-34-40(39(32)37)44-41(42-34)26-14-17-30(18-15-26)43-35-13-7-6-12-31(35)33-22-27-10-4-5-11-28(27)23-36(33)43/h1-4,6-10,12-24,41-42H,5,11H2. The fourth-order valence-electron chi connectivity index (χ4n) is 7.29. The van der Waals surface area contributed by atoms with Crippen LogP contribution in [0.25, 0.3) is 64.9 Å². The molecule has 0 bridgehead atoms. The molecule has 0 spiro atoms. The summed E-state index contributed by atoms with van der Waals surface area (Å²) in [5.41, 5.74) is 11.1. The molecule has 1 aliphatic heterocycles. The summed E-state index contributed by atoms with van der Waals surface area (Å²) in [5.74, 6) is 0.946. The van der Waals surface area contributed by atoms with Crippen molar-refractivity contribution in [2.45, 2.75) is 19.1 Å². The molecule has 45 heavy (non-hydrogen) atoms. The minimum Gasteiger partial charge on any atom is -0.464 e. The highest BCUT2D eigenvalue weighted by atomic mass is 32.1. The van der Waals surface area contributed by atoms with Crippen molar-refractivity contribution in [3.63, 3.8) is 0 Å². The van der Waals surface area contributed by atoms with Crippen LogP contribution in [0.1, 0.15) is 29.3 Å². The van der Waals surface area contributed by atoms with Crippen molar-refractivity contribution in [2.75, 3.05) is 5.32 Å². The smallest absolute Gasteiger partial charge is 0.196 e. The van der Waals surface area contributed by atoms with Crippen LogP contribution in [-0.4, -0.2) is 4.57 Å². The second-order valence-electron chi connectivity index (χ2n) is 12.1. The third kappa shape index (κ3) is 3.82. The number of aromatic nitrogens is 1. The van der Waals surface area contributed by atoms with E-state index < -0.39 is 0 Å². The number of hydrogen-bond donors (Lipinski definition) is 1. The lowest BCUT2D eigenvalue weighted by atomic mass is 9.95. The van der Waals surface area contributed by atoms with Gasteiger partial charge >= 0.3 is 0 Å². The van der Waals surface area contributed by atoms with Crippen molar-refractivity contribution in [1.29, 1.82) is 0 Å². The number of nitrogens with zero attached hydrogens (tertiary/aromatic N) is 1. The first-order chi connectivity index (χ1) is 22.3. The van der Waals surface area contributed by atoms with Gasteiger partial charge in [0.05, 0.1) is 16.7 Å². The lowest BCUT2D eigenvalue weighted by Gasteiger charge is -2.15. The molecule has 0 saturated heterocycles. The van der Waals surface area contributed by atoms with Crippen molar-refractivity contribution < 1.29 is 4.74 Å². The molecule has 1 unspecified atom stereocenters. The summed E-state index contributed by atoms with van der Waals surface area (Å²) < 4.78 is 11.6. The van der Waals surface area contributed by atoms with Gasteiger partial charge < -0.3 is 14.6 Å². The number of anilines is 1. The summed E-state index contributed by atoms with van der Waals surface area (Å²) in [6.07, 6.45) is 6.52. The van der Waals surface area contributed by atoms with Crippen LogP contribution in [0.5, 0.6) is 5.75 Å². The molecule has 0 saturated carbocycles. The zero-order chi connectivity index (χ0) is 29.5. The highest BCUT2D eigenvalue weighted by Crippen LogP contribution is 2.49. The summed E-state index contributed by atoms with van der Waals surface area (Å²) in [6.45, 7) is 0. The molecule has 0 amide bonds. The van der Waals surface area contributed by atoms with Gasteiger partial charge in [0, 0.05) is 42.2 Å². The molecule has 2 aliphatic rings. The molecular formula is C41H28N2OS. The number of rotatable bonds is 3. The van der Waals surface area contributed by atoms with Gasteiger partial charge in [-0.15, -0.1) is 11.3 Å². The quantitative estimate of drug-likeness (QED) is 0.220. The Labute approximate surface area is 264 Å². The molecule has 4 heteroatoms. The Morgan fingerprint density at radius 3 is 2.47 bits per heavy atom. The maximum atomic E-state index is 6.70. The van der Waals surface area contributed by atoms with Gasteiger partial charge in [-0.3, -0.25) is 0 Å². The topological polar surface area (TPSA) is 26.2 Å². The van der Waals surface area contributed by atoms with Crippen molar-refractivity contribution in [1.82, 2.24) is 4.57 Å². The molecule has 0 fully saturated rings. The summed E-state index contributed by atoms with van der Waals surface area (Å²) in [7, 11) is 0. The Morgan fingerprint density at radius 2 is 1.56 bits per heavy atom. The number of aryl methyl sites for hydroxylation is 1. The molecule has 2 aromatic heterocycles. The first-order valence-corrected chi connectivity index (χ1v) is 16.4. The van der Waals surface area contributed by atoms with Crippen LogP contribution in [0.15, 0.2) is 127 Å². The second-order valence-corrected chi connectivity index (χ2v) is 13.2. The van der Waals surface area contributed by atoms with Crippen molar-refractivity contribution in [3.8, 4) is 22.6 Å². The van der Waals surface area contributed by atoms with E-state index in [0.717, 1.165) is 35.5 Å². The number of ether oxygens (including phenoxy) is 1. The van der Waals surface area contributed by atoms with Crippen molar-refractivity contribution >= 4 is 65.1 Å². The lowest BCUT2D eigenvalue weighted by Crippen LogP contribution is -2.10. The Bertz CT molecular complexity index is 2480. The van der Waals surface area contributed by atoms with Crippen LogP contribution < -0.4 is 10.1 Å². The van der Waals surface area contributed by atoms with Crippen molar-refractivity contribution in [3.05, 3.63) is 144 Å². The third-order valence-corrected chi connectivity index (χ3v) is 10.6. The molecule has 1 N–H and O–H groups in total. The fraction of sp³-hybridized carbons (Fsp3) is 0.0732. The van der Waals surface area contributed by atoms with Gasteiger partial charge in [0.2, 0.25) is 0 Å². The first-order valence-electron chi connectivity index (χ1n) is 15.6. The van der Waals surface area contributed by atoms with E-state index in [4.69, 9.17) is 4.74 Å². The molecule has 8 aromatic rings. The van der Waals surface area contributed by atoms with Crippen molar-refractivity contribution in [2.24, 2.45) is 0 Å². The summed E-state index contributed by atoms with van der Waals surface area (Å²) in [5, 5.41) is 8.69. The number of allylic oxidation sites excluding steroid dienone is 1. The predicted octanol–water partition coefficient (Wildman–Crippen LogP) is 11.3. The average Bonchev–Trinajstić information content (AvgIpc) is 3.79. The second kappa shape index (κ2) is 9.59. The first kappa shape index (κ1) is 25.1. The monoisotopic (exact) mass is 596 g/mol. The van der Waals surface area contributed by atoms with Crippen LogP contribution in [-0.2, 0) is 6.42 Å². The fourth-order valence-corrected chi connectivity index (χ4v) is 8.44. The Hall–Kier alpha value is -5.32. The molecule has 10 rings (SSSR count). The zero-order valence-electron chi connectivity index (χ0n) is 24.5. The molecule has 3 heterocycles. The highest BCUT2D eigenvalue weighted by molar-refractivity contribution is 7.26. The largest absolute Gasteiger partial charge is 0.464 e. The number of benzene rings is 6. The van der Waals surface area contributed by atoms with Crippen LogP contribution in [0, 0.1) is 0 Å². The maximum Gasteiger partial charge on any atom is 0.196 e. The molecule has 214 valence electrons. The number of para-hydroxylation sites is 1. The molecule has 0 radical (unpaired) electrons. The van der Waals surface area contributed by atoms with E-state index in [9.17, 15) is 0 Å². The van der Waals surface area contributed by atoms with E-state index in [0.29, 0.717) is 0 Å². The van der Waals surface area contributed by atoms with Gasteiger partial charge in [0.1, 0.15) is 0 Å². The van der Waals surface area contributed by atoms with E-state index in [1.165, 1.54) is 64.2 Å². The summed E-state index contributed by atoms with van der Waals surface area (Å²) in [6, 6.07) is 44.1. The Balaban J connectivity index is 1.02. The molecule has 1 atom stereocenters. The van der Waals surface area contributed by atoms with E-state index in [2.05, 4.69) is 143 Å². The van der Waals surface area contributed by atoms with Gasteiger partial charge in [-0.1, -0.05) is 84.9 Å². The minimum absolute atomic E-state index is 0.241. The van der Waals surface area contributed by atoms with Crippen LogP contribution >= 0.6 is 11.3 Å². The van der Waals surface area contributed by atoms with Gasteiger partial charge in [0.15, 0.2) is 12.0 Å². The highest BCUT2D eigenvalue weighted by Gasteiger charge is 2.27. The van der Waals surface area contributed by atoms with Crippen LogP contribution in [0.2, 0.25) is 0 Å². The maximum absolute atomic E-state index is 6.70. The average molecular weight is 597 g/mol. The third-order valence-electron chi connectivity index (χ3n) is 9.49. The predicted molar refractivity (Wildman–Crippen MR) is 190 cm³/mol. The summed E-state index contributed by atoms with van der Waals surface area (Å²) >= 11 is 1.83. The normalized spacial score (nSPS) is 15.4. The van der Waals surface area contributed by atoms with Gasteiger partial charge in [-0.2, -0.15) is 0 Å². The SMILES string of the molecule is C1=Cc2cc3c4ccccc4n(-c4ccc(C5Nc6ccc7sc8cc(-c9ccccc9)ccc8c7c6O5)cc4)c3cc2CC1. The summed E-state index contributed by atoms with van der Waals surface area (Å²) in [4.78, 5) is 0. The van der Waals surface area contributed by atoms with E-state index in [-0.39, 0.29) is 6.23 Å². The Morgan fingerprint density at radius 1 is 0.689 bits per heavy atom. The van der Waals surface area contributed by atoms with Gasteiger partial charge in [-0.05, 0) is 83.6 Å². The molecular weight excluding hydrogens is 569 g/mol. The van der Waals surface area contributed by atoms with Crippen LogP contribution in [0.4, 0.5) is 5.69 Å². The van der Waals surface area contributed by atoms with E-state index in [1.54, 1.807) is 0 Å². The molecule has 1 aliphatic carbocycles. The van der Waals surface area contributed by atoms with E-state index >= 15 is 0 Å². The molecule has 3 nitrogen and oxygen atoms in total. The number of nitrogens with one attached hydrogen (secondary N) is 1. The zero-order valence-corrected chi connectivity index (χ0v) is 25.3. The Kier molecular flexibility index (Phi) is 5.34. The lowest BCUT2D eigenvalue weighted by molar-refractivity contribution is 0.263. The number of hydrogen-bond acceptors (Lipinski definition) is 3. The number of thiophene rings is 1. The van der Waals surface area contributed by atoms with E-state index in [1.807, 2.05) is 11.3 Å². The van der Waals surface area contributed by atoms with Gasteiger partial charge in [-0.25, -0.2) is 0 Å². The van der Waals surface area contributed by atoms with Crippen LogP contribution in [0.3, 0.4) is 0 Å². The minimum atomic E-state index is -0.241. The number of fused-ring (bicyclic) bond motifs is 9.